The molecule has 0 saturated carbocycles. The molecule has 116 valence electrons. The van der Waals surface area contributed by atoms with Gasteiger partial charge in [0.25, 0.3) is 6.43 Å². The van der Waals surface area contributed by atoms with E-state index in [1.165, 1.54) is 0 Å². The molecule has 0 aliphatic carbocycles. The van der Waals surface area contributed by atoms with Crippen LogP contribution < -0.4 is 10.1 Å². The zero-order valence-corrected chi connectivity index (χ0v) is 11.5. The first-order valence-electron chi connectivity index (χ1n) is 6.50. The van der Waals surface area contributed by atoms with Crippen molar-refractivity contribution in [2.24, 2.45) is 0 Å². The van der Waals surface area contributed by atoms with Crippen molar-refractivity contribution in [2.75, 3.05) is 32.9 Å². The fraction of sp³-hybridized carbons (Fsp3) is 0.500. The van der Waals surface area contributed by atoms with Crippen LogP contribution in [0.2, 0.25) is 0 Å². The fourth-order valence-electron chi connectivity index (χ4n) is 1.52. The molecule has 0 fully saturated rings. The number of aliphatic hydroxyl groups excluding tert-OH is 1. The van der Waals surface area contributed by atoms with Gasteiger partial charge in [0.2, 0.25) is 0 Å². The van der Waals surface area contributed by atoms with E-state index in [9.17, 15) is 13.9 Å². The highest BCUT2D eigenvalue weighted by molar-refractivity contribution is 5.42. The molecule has 1 unspecified atom stereocenters. The van der Waals surface area contributed by atoms with Crippen molar-refractivity contribution in [3.8, 4) is 11.8 Å². The SMILES string of the molecule is N#Cc1ccccc1OCC(O)CNCCOCC(F)F. The van der Waals surface area contributed by atoms with Gasteiger partial charge in [-0.15, -0.1) is 0 Å². The van der Waals surface area contributed by atoms with Gasteiger partial charge < -0.3 is 19.9 Å². The summed E-state index contributed by atoms with van der Waals surface area (Å²) in [6.45, 7) is 0.197. The summed E-state index contributed by atoms with van der Waals surface area (Å²) in [5.41, 5.74) is 0.401. The Morgan fingerprint density at radius 1 is 1.29 bits per heavy atom. The Hall–Kier alpha value is -1.75. The molecule has 1 aromatic carbocycles. The van der Waals surface area contributed by atoms with Crippen molar-refractivity contribution < 1.29 is 23.4 Å². The number of nitriles is 1. The number of ether oxygens (including phenoxy) is 2. The normalized spacial score (nSPS) is 12.1. The number of nitrogens with zero attached hydrogens (tertiary/aromatic N) is 1. The number of benzene rings is 1. The van der Waals surface area contributed by atoms with E-state index in [0.29, 0.717) is 17.9 Å². The van der Waals surface area contributed by atoms with Crippen molar-refractivity contribution in [1.82, 2.24) is 5.32 Å². The van der Waals surface area contributed by atoms with Crippen LogP contribution in [0.3, 0.4) is 0 Å². The van der Waals surface area contributed by atoms with E-state index < -0.39 is 19.1 Å². The van der Waals surface area contributed by atoms with Crippen LogP contribution in [0.1, 0.15) is 5.56 Å². The van der Waals surface area contributed by atoms with Gasteiger partial charge in [0.15, 0.2) is 0 Å². The lowest BCUT2D eigenvalue weighted by Gasteiger charge is -2.14. The summed E-state index contributed by atoms with van der Waals surface area (Å²) in [4.78, 5) is 0. The zero-order chi connectivity index (χ0) is 15.5. The van der Waals surface area contributed by atoms with Crippen molar-refractivity contribution in [1.29, 1.82) is 5.26 Å². The van der Waals surface area contributed by atoms with Crippen molar-refractivity contribution in [2.45, 2.75) is 12.5 Å². The minimum atomic E-state index is -2.47. The molecule has 0 spiro atoms. The molecule has 1 rings (SSSR count). The minimum Gasteiger partial charge on any atom is -0.489 e. The maximum absolute atomic E-state index is 11.8. The highest BCUT2D eigenvalue weighted by Crippen LogP contribution is 2.16. The molecule has 2 N–H and O–H groups in total. The summed E-state index contributed by atoms with van der Waals surface area (Å²) >= 11 is 0. The Morgan fingerprint density at radius 2 is 2.05 bits per heavy atom. The van der Waals surface area contributed by atoms with Gasteiger partial charge in [0.05, 0.1) is 12.2 Å². The van der Waals surface area contributed by atoms with Gasteiger partial charge in [-0.2, -0.15) is 5.26 Å². The average Bonchev–Trinajstić information content (AvgIpc) is 2.48. The molecule has 0 saturated heterocycles. The number of hydrogen-bond acceptors (Lipinski definition) is 5. The van der Waals surface area contributed by atoms with E-state index >= 15 is 0 Å². The van der Waals surface area contributed by atoms with Crippen LogP contribution in [-0.4, -0.2) is 50.5 Å². The maximum Gasteiger partial charge on any atom is 0.261 e. The largest absolute Gasteiger partial charge is 0.489 e. The number of hydrogen-bond donors (Lipinski definition) is 2. The highest BCUT2D eigenvalue weighted by Gasteiger charge is 2.07. The number of aliphatic hydroxyl groups is 1. The number of alkyl halides is 2. The van der Waals surface area contributed by atoms with Crippen molar-refractivity contribution in [3.05, 3.63) is 29.8 Å². The van der Waals surface area contributed by atoms with Gasteiger partial charge in [-0.3, -0.25) is 0 Å². The highest BCUT2D eigenvalue weighted by atomic mass is 19.3. The topological polar surface area (TPSA) is 74.5 Å². The first kappa shape index (κ1) is 17.3. The van der Waals surface area contributed by atoms with E-state index in [4.69, 9.17) is 10.00 Å². The van der Waals surface area contributed by atoms with E-state index in [-0.39, 0.29) is 19.8 Å². The molecule has 0 heterocycles. The molecule has 0 aromatic heterocycles. The fourth-order valence-corrected chi connectivity index (χ4v) is 1.52. The average molecular weight is 300 g/mol. The van der Waals surface area contributed by atoms with Gasteiger partial charge in [-0.25, -0.2) is 8.78 Å². The monoisotopic (exact) mass is 300 g/mol. The second-order valence-electron chi connectivity index (χ2n) is 4.24. The van der Waals surface area contributed by atoms with Crippen LogP contribution in [0.4, 0.5) is 8.78 Å². The lowest BCUT2D eigenvalue weighted by molar-refractivity contribution is 0.0177. The standard InChI is InChI=1S/C14H18F2N2O3/c15-14(16)10-20-6-5-18-8-12(19)9-21-13-4-2-1-3-11(13)7-17/h1-4,12,14,18-19H,5-6,8-10H2. The van der Waals surface area contributed by atoms with Crippen molar-refractivity contribution in [3.63, 3.8) is 0 Å². The van der Waals surface area contributed by atoms with Crippen LogP contribution in [0.5, 0.6) is 5.75 Å². The number of halogens is 2. The van der Waals surface area contributed by atoms with Gasteiger partial charge in [-0.1, -0.05) is 12.1 Å². The molecule has 0 bridgehead atoms. The van der Waals surface area contributed by atoms with Crippen LogP contribution in [-0.2, 0) is 4.74 Å². The van der Waals surface area contributed by atoms with E-state index in [2.05, 4.69) is 10.1 Å². The molecule has 0 aliphatic heterocycles. The van der Waals surface area contributed by atoms with Gasteiger partial charge >= 0.3 is 0 Å². The summed E-state index contributed by atoms with van der Waals surface area (Å²) in [5, 5.41) is 21.4. The second kappa shape index (κ2) is 10.0. The van der Waals surface area contributed by atoms with Crippen LogP contribution in [0, 0.1) is 11.3 Å². The molecule has 21 heavy (non-hydrogen) atoms. The maximum atomic E-state index is 11.8. The van der Waals surface area contributed by atoms with Crippen LogP contribution in [0.15, 0.2) is 24.3 Å². The molecule has 0 aliphatic rings. The number of para-hydroxylation sites is 1. The Labute approximate surface area is 122 Å². The number of nitrogens with one attached hydrogen (secondary N) is 1. The molecule has 1 aromatic rings. The summed E-state index contributed by atoms with van der Waals surface area (Å²) in [7, 11) is 0. The minimum absolute atomic E-state index is 0.0313. The summed E-state index contributed by atoms with van der Waals surface area (Å²) in [6.07, 6.45) is -3.24. The van der Waals surface area contributed by atoms with E-state index in [1.807, 2.05) is 6.07 Å². The van der Waals surface area contributed by atoms with Crippen LogP contribution >= 0.6 is 0 Å². The molecule has 0 radical (unpaired) electrons. The summed E-state index contributed by atoms with van der Waals surface area (Å²) in [6, 6.07) is 8.73. The third kappa shape index (κ3) is 7.56. The lowest BCUT2D eigenvalue weighted by atomic mass is 10.2. The Kier molecular flexibility index (Phi) is 8.28. The predicted molar refractivity (Wildman–Crippen MR) is 72.4 cm³/mol. The molecule has 7 heteroatoms. The lowest BCUT2D eigenvalue weighted by Crippen LogP contribution is -2.33. The molecule has 0 amide bonds. The smallest absolute Gasteiger partial charge is 0.261 e. The first-order chi connectivity index (χ1) is 10.1. The Balaban J connectivity index is 2.14. The zero-order valence-electron chi connectivity index (χ0n) is 11.5. The summed E-state index contributed by atoms with van der Waals surface area (Å²) < 4.78 is 33.6. The first-order valence-corrected chi connectivity index (χ1v) is 6.50. The van der Waals surface area contributed by atoms with Crippen LogP contribution in [0.25, 0.3) is 0 Å². The van der Waals surface area contributed by atoms with Gasteiger partial charge in [0, 0.05) is 13.1 Å². The quantitative estimate of drug-likeness (QED) is 0.635. The molecular weight excluding hydrogens is 282 g/mol. The molecule has 5 nitrogen and oxygen atoms in total. The third-order valence-electron chi connectivity index (χ3n) is 2.49. The Bertz CT molecular complexity index is 452. The van der Waals surface area contributed by atoms with Gasteiger partial charge in [-0.05, 0) is 12.1 Å². The molecular formula is C14H18F2N2O3. The van der Waals surface area contributed by atoms with Gasteiger partial charge in [0.1, 0.15) is 31.1 Å². The van der Waals surface area contributed by atoms with Crippen molar-refractivity contribution >= 4 is 0 Å². The Morgan fingerprint density at radius 3 is 2.76 bits per heavy atom. The molecule has 1 atom stereocenters. The predicted octanol–water partition coefficient (Wildman–Crippen LogP) is 1.17. The van der Waals surface area contributed by atoms with E-state index in [1.54, 1.807) is 24.3 Å². The number of rotatable bonds is 10. The summed E-state index contributed by atoms with van der Waals surface area (Å²) in [5.74, 6) is 0.416. The second-order valence-corrected chi connectivity index (χ2v) is 4.24. The van der Waals surface area contributed by atoms with E-state index in [0.717, 1.165) is 0 Å². The third-order valence-corrected chi connectivity index (χ3v) is 2.49.